The van der Waals surface area contributed by atoms with E-state index in [1.807, 2.05) is 60.7 Å². The van der Waals surface area contributed by atoms with Crippen LogP contribution < -0.4 is 0 Å². The van der Waals surface area contributed by atoms with Crippen molar-refractivity contribution in [3.05, 3.63) is 71.8 Å². The lowest BCUT2D eigenvalue weighted by Crippen LogP contribution is -2.30. The highest BCUT2D eigenvalue weighted by atomic mass is 19.3. The van der Waals surface area contributed by atoms with Crippen LogP contribution in [0.3, 0.4) is 0 Å². The van der Waals surface area contributed by atoms with E-state index in [4.69, 9.17) is 14.2 Å². The molecule has 24 heavy (non-hydrogen) atoms. The summed E-state index contributed by atoms with van der Waals surface area (Å²) in [5, 5.41) is 0. The van der Waals surface area contributed by atoms with Crippen LogP contribution >= 0.6 is 0 Å². The van der Waals surface area contributed by atoms with Gasteiger partial charge in [-0.3, -0.25) is 0 Å². The monoisotopic (exact) mass is 336 g/mol. The van der Waals surface area contributed by atoms with Gasteiger partial charge in [0, 0.05) is 0 Å². The van der Waals surface area contributed by atoms with Crippen molar-refractivity contribution in [2.75, 3.05) is 26.4 Å². The van der Waals surface area contributed by atoms with Crippen molar-refractivity contribution in [1.82, 2.24) is 0 Å². The molecule has 0 spiro atoms. The first kappa shape index (κ1) is 18.5. The SMILES string of the molecule is FC(F)(COCCOCc1ccccc1)COCc1ccccc1. The smallest absolute Gasteiger partial charge is 0.293 e. The molecule has 2 rings (SSSR count). The molecule has 0 unspecified atom stereocenters. The summed E-state index contributed by atoms with van der Waals surface area (Å²) in [6.07, 6.45) is 0. The van der Waals surface area contributed by atoms with Crippen LogP contribution in [-0.2, 0) is 27.4 Å². The van der Waals surface area contributed by atoms with E-state index in [0.717, 1.165) is 11.1 Å². The Balaban J connectivity index is 1.52. The molecule has 130 valence electrons. The highest BCUT2D eigenvalue weighted by molar-refractivity contribution is 5.14. The van der Waals surface area contributed by atoms with Gasteiger partial charge in [-0.2, -0.15) is 0 Å². The average Bonchev–Trinajstić information content (AvgIpc) is 2.60. The minimum Gasteiger partial charge on any atom is -0.374 e. The van der Waals surface area contributed by atoms with Crippen LogP contribution in [-0.4, -0.2) is 32.4 Å². The predicted octanol–water partition coefficient (Wildman–Crippen LogP) is 4.07. The zero-order chi connectivity index (χ0) is 17.1. The van der Waals surface area contributed by atoms with Crippen LogP contribution in [0.25, 0.3) is 0 Å². The minimum atomic E-state index is -3.01. The number of halogens is 2. The first-order chi connectivity index (χ1) is 11.7. The highest BCUT2D eigenvalue weighted by Gasteiger charge is 2.29. The summed E-state index contributed by atoms with van der Waals surface area (Å²) >= 11 is 0. The summed E-state index contributed by atoms with van der Waals surface area (Å²) in [4.78, 5) is 0. The van der Waals surface area contributed by atoms with Crippen molar-refractivity contribution in [3.8, 4) is 0 Å². The Morgan fingerprint density at radius 3 is 1.67 bits per heavy atom. The van der Waals surface area contributed by atoms with Gasteiger partial charge in [-0.15, -0.1) is 0 Å². The van der Waals surface area contributed by atoms with Crippen LogP contribution in [0, 0.1) is 0 Å². The molecule has 0 amide bonds. The summed E-state index contributed by atoms with van der Waals surface area (Å²) in [5.41, 5.74) is 1.90. The van der Waals surface area contributed by atoms with Crippen LogP contribution in [0.1, 0.15) is 11.1 Å². The van der Waals surface area contributed by atoms with Gasteiger partial charge in [0.05, 0.1) is 26.4 Å². The van der Waals surface area contributed by atoms with Crippen LogP contribution in [0.5, 0.6) is 0 Å². The number of benzene rings is 2. The van der Waals surface area contributed by atoms with Crippen LogP contribution in [0.4, 0.5) is 8.78 Å². The molecule has 3 nitrogen and oxygen atoms in total. The summed E-state index contributed by atoms with van der Waals surface area (Å²) in [5.74, 6) is -3.01. The molecular formula is C19H22F2O3. The molecular weight excluding hydrogens is 314 g/mol. The lowest BCUT2D eigenvalue weighted by Gasteiger charge is -2.16. The Kier molecular flexibility index (Phi) is 7.82. The van der Waals surface area contributed by atoms with E-state index in [2.05, 4.69) is 0 Å². The average molecular weight is 336 g/mol. The molecule has 0 aliphatic rings. The Morgan fingerprint density at radius 2 is 1.08 bits per heavy atom. The Morgan fingerprint density at radius 1 is 0.625 bits per heavy atom. The molecule has 0 saturated heterocycles. The van der Waals surface area contributed by atoms with Crippen molar-refractivity contribution in [2.24, 2.45) is 0 Å². The zero-order valence-corrected chi connectivity index (χ0v) is 13.5. The van der Waals surface area contributed by atoms with E-state index in [0.29, 0.717) is 6.61 Å². The highest BCUT2D eigenvalue weighted by Crippen LogP contribution is 2.15. The molecule has 5 heteroatoms. The quantitative estimate of drug-likeness (QED) is 0.579. The van der Waals surface area contributed by atoms with E-state index in [9.17, 15) is 8.78 Å². The largest absolute Gasteiger partial charge is 0.374 e. The lowest BCUT2D eigenvalue weighted by atomic mass is 10.2. The summed E-state index contributed by atoms with van der Waals surface area (Å²) in [6.45, 7) is -0.322. The molecule has 0 fully saturated rings. The van der Waals surface area contributed by atoms with E-state index >= 15 is 0 Å². The van der Waals surface area contributed by atoms with E-state index in [1.54, 1.807) is 0 Å². The number of hydrogen-bond donors (Lipinski definition) is 0. The van der Waals surface area contributed by atoms with E-state index in [1.165, 1.54) is 0 Å². The third kappa shape index (κ3) is 7.64. The Hall–Kier alpha value is -1.82. The summed E-state index contributed by atoms with van der Waals surface area (Å²) in [6, 6.07) is 18.9. The topological polar surface area (TPSA) is 27.7 Å². The van der Waals surface area contributed by atoms with Crippen LogP contribution in [0.15, 0.2) is 60.7 Å². The Bertz CT molecular complexity index is 561. The van der Waals surface area contributed by atoms with Gasteiger partial charge in [0.25, 0.3) is 5.92 Å². The van der Waals surface area contributed by atoms with Gasteiger partial charge in [-0.1, -0.05) is 60.7 Å². The van der Waals surface area contributed by atoms with Crippen LogP contribution in [0.2, 0.25) is 0 Å². The molecule has 0 bridgehead atoms. The molecule has 2 aromatic carbocycles. The third-order valence-corrected chi connectivity index (χ3v) is 3.22. The second-order valence-electron chi connectivity index (χ2n) is 5.43. The molecule has 0 N–H and O–H groups in total. The Labute approximate surface area is 141 Å². The number of ether oxygens (including phenoxy) is 3. The third-order valence-electron chi connectivity index (χ3n) is 3.22. The maximum atomic E-state index is 13.6. The van der Waals surface area contributed by atoms with Gasteiger partial charge in [0.1, 0.15) is 13.2 Å². The van der Waals surface area contributed by atoms with Gasteiger partial charge in [0.2, 0.25) is 0 Å². The molecule has 0 aromatic heterocycles. The van der Waals surface area contributed by atoms with Crippen molar-refractivity contribution >= 4 is 0 Å². The molecule has 2 aromatic rings. The zero-order valence-electron chi connectivity index (χ0n) is 13.5. The fraction of sp³-hybridized carbons (Fsp3) is 0.368. The molecule has 0 saturated carbocycles. The second-order valence-corrected chi connectivity index (χ2v) is 5.43. The van der Waals surface area contributed by atoms with Gasteiger partial charge in [-0.25, -0.2) is 8.78 Å². The van der Waals surface area contributed by atoms with Gasteiger partial charge >= 0.3 is 0 Å². The number of rotatable bonds is 11. The summed E-state index contributed by atoms with van der Waals surface area (Å²) in [7, 11) is 0. The molecule has 0 radical (unpaired) electrons. The first-order valence-corrected chi connectivity index (χ1v) is 7.85. The molecule has 0 atom stereocenters. The van der Waals surface area contributed by atoms with Crippen molar-refractivity contribution in [1.29, 1.82) is 0 Å². The van der Waals surface area contributed by atoms with Crippen molar-refractivity contribution in [2.45, 2.75) is 19.1 Å². The normalized spacial score (nSPS) is 11.6. The molecule has 0 aliphatic heterocycles. The fourth-order valence-electron chi connectivity index (χ4n) is 2.04. The van der Waals surface area contributed by atoms with Gasteiger partial charge in [0.15, 0.2) is 0 Å². The van der Waals surface area contributed by atoms with Gasteiger partial charge < -0.3 is 14.2 Å². The molecule has 0 heterocycles. The standard InChI is InChI=1S/C19H22F2O3/c20-19(21,16-24-14-18-9-5-2-6-10-18)15-23-12-11-22-13-17-7-3-1-4-8-17/h1-10H,11-16H2. The maximum Gasteiger partial charge on any atom is 0.293 e. The predicted molar refractivity (Wildman–Crippen MR) is 88.0 cm³/mol. The van der Waals surface area contributed by atoms with Crippen molar-refractivity contribution in [3.63, 3.8) is 0 Å². The van der Waals surface area contributed by atoms with Gasteiger partial charge in [-0.05, 0) is 11.1 Å². The number of hydrogen-bond acceptors (Lipinski definition) is 3. The van der Waals surface area contributed by atoms with E-state index < -0.39 is 19.1 Å². The fourth-order valence-corrected chi connectivity index (χ4v) is 2.04. The minimum absolute atomic E-state index is 0.126. The summed E-state index contributed by atoms with van der Waals surface area (Å²) < 4.78 is 42.6. The van der Waals surface area contributed by atoms with E-state index in [-0.39, 0.29) is 19.8 Å². The number of alkyl halides is 2. The molecule has 0 aliphatic carbocycles. The van der Waals surface area contributed by atoms with Crippen molar-refractivity contribution < 1.29 is 23.0 Å². The maximum absolute atomic E-state index is 13.6. The lowest BCUT2D eigenvalue weighted by molar-refractivity contribution is -0.130. The first-order valence-electron chi connectivity index (χ1n) is 7.85. The second kappa shape index (κ2) is 10.1.